The molecule has 2 fully saturated rings. The first kappa shape index (κ1) is 20.7. The van der Waals surface area contributed by atoms with E-state index in [0.717, 1.165) is 82.4 Å². The molecule has 2 aromatic heterocycles. The van der Waals surface area contributed by atoms with Crippen LogP contribution in [0.15, 0.2) is 35.6 Å². The van der Waals surface area contributed by atoms with Gasteiger partial charge in [-0.05, 0) is 31.9 Å². The van der Waals surface area contributed by atoms with Crippen molar-refractivity contribution in [1.29, 1.82) is 0 Å². The number of guanidine groups is 1. The van der Waals surface area contributed by atoms with E-state index in [2.05, 4.69) is 38.2 Å². The molecular weight excluding hydrogens is 378 g/mol. The average Bonchev–Trinajstić information content (AvgIpc) is 3.45. The second-order valence-corrected chi connectivity index (χ2v) is 8.15. The normalized spacial score (nSPS) is 19.5. The number of nitrogens with one attached hydrogen (secondary N) is 1. The first-order valence-corrected chi connectivity index (χ1v) is 11.1. The van der Waals surface area contributed by atoms with E-state index in [1.807, 2.05) is 40.7 Å². The highest BCUT2D eigenvalue weighted by atomic mass is 16.2. The molecule has 2 aliphatic rings. The van der Waals surface area contributed by atoms with Gasteiger partial charge in [-0.3, -0.25) is 14.7 Å². The topological polar surface area (TPSA) is 68.5 Å². The van der Waals surface area contributed by atoms with Gasteiger partial charge in [0, 0.05) is 71.7 Å². The Morgan fingerprint density at radius 2 is 1.90 bits per heavy atom. The molecular formula is C22H33N7O. The zero-order valence-corrected chi connectivity index (χ0v) is 18.1. The van der Waals surface area contributed by atoms with Gasteiger partial charge in [-0.15, -0.1) is 0 Å². The van der Waals surface area contributed by atoms with Gasteiger partial charge in [0.05, 0.1) is 11.7 Å². The summed E-state index contributed by atoms with van der Waals surface area (Å²) in [5.74, 6) is 1.22. The lowest BCUT2D eigenvalue weighted by Crippen LogP contribution is -2.57. The zero-order chi connectivity index (χ0) is 20.9. The van der Waals surface area contributed by atoms with E-state index in [1.165, 1.54) is 0 Å². The number of rotatable bonds is 5. The molecule has 2 saturated heterocycles. The van der Waals surface area contributed by atoms with Gasteiger partial charge in [-0.2, -0.15) is 0 Å². The van der Waals surface area contributed by atoms with Gasteiger partial charge in [0.15, 0.2) is 5.96 Å². The lowest BCUT2D eigenvalue weighted by molar-refractivity contribution is -0.135. The fourth-order valence-corrected chi connectivity index (χ4v) is 4.42. The number of nitrogens with zero attached hydrogens (tertiary/aromatic N) is 6. The second-order valence-electron chi connectivity index (χ2n) is 8.15. The summed E-state index contributed by atoms with van der Waals surface area (Å²) >= 11 is 0. The number of hydrogen-bond acceptors (Lipinski definition) is 4. The van der Waals surface area contributed by atoms with Crippen molar-refractivity contribution in [2.24, 2.45) is 4.99 Å². The minimum absolute atomic E-state index is 0.0322. The third kappa shape index (κ3) is 4.59. The van der Waals surface area contributed by atoms with Crippen molar-refractivity contribution in [3.63, 3.8) is 0 Å². The Labute approximate surface area is 178 Å². The Morgan fingerprint density at radius 3 is 2.60 bits per heavy atom. The number of fused-ring (bicyclic) bond motifs is 1. The van der Waals surface area contributed by atoms with Crippen LogP contribution in [-0.4, -0.2) is 94.9 Å². The van der Waals surface area contributed by atoms with Crippen LogP contribution < -0.4 is 5.32 Å². The predicted molar refractivity (Wildman–Crippen MR) is 119 cm³/mol. The van der Waals surface area contributed by atoms with Crippen LogP contribution in [0.3, 0.4) is 0 Å². The number of amides is 1. The summed E-state index contributed by atoms with van der Waals surface area (Å²) < 4.78 is 2.05. The first-order chi connectivity index (χ1) is 14.7. The molecule has 0 spiro atoms. The van der Waals surface area contributed by atoms with Crippen molar-refractivity contribution in [3.8, 4) is 0 Å². The van der Waals surface area contributed by atoms with Crippen LogP contribution >= 0.6 is 0 Å². The van der Waals surface area contributed by atoms with E-state index in [1.54, 1.807) is 0 Å². The first-order valence-electron chi connectivity index (χ1n) is 11.1. The zero-order valence-electron chi connectivity index (χ0n) is 18.1. The molecule has 1 unspecified atom stereocenters. The van der Waals surface area contributed by atoms with Crippen molar-refractivity contribution in [2.45, 2.75) is 32.2 Å². The van der Waals surface area contributed by atoms with Crippen LogP contribution in [0, 0.1) is 0 Å². The molecule has 0 saturated carbocycles. The number of hydrogen-bond donors (Lipinski definition) is 1. The van der Waals surface area contributed by atoms with Gasteiger partial charge in [-0.25, -0.2) is 4.98 Å². The minimum atomic E-state index is -0.0322. The molecule has 8 heteroatoms. The maximum Gasteiger partial charge on any atom is 0.239 e. The number of carbonyl (C=O) groups excluding carboxylic acids is 1. The second kappa shape index (κ2) is 9.47. The summed E-state index contributed by atoms with van der Waals surface area (Å²) in [5, 5.41) is 3.48. The fraction of sp³-hybridized carbons (Fsp3) is 0.591. The van der Waals surface area contributed by atoms with E-state index in [9.17, 15) is 4.79 Å². The van der Waals surface area contributed by atoms with Gasteiger partial charge < -0.3 is 19.5 Å². The van der Waals surface area contributed by atoms with E-state index in [-0.39, 0.29) is 11.9 Å². The van der Waals surface area contributed by atoms with Crippen LogP contribution in [0.5, 0.6) is 0 Å². The molecule has 0 bridgehead atoms. The minimum Gasteiger partial charge on any atom is -0.356 e. The summed E-state index contributed by atoms with van der Waals surface area (Å²) in [6.45, 7) is 8.22. The average molecular weight is 412 g/mol. The number of carbonyl (C=O) groups is 1. The van der Waals surface area contributed by atoms with E-state index >= 15 is 0 Å². The fourth-order valence-electron chi connectivity index (χ4n) is 4.42. The lowest BCUT2D eigenvalue weighted by atomic mass is 10.2. The lowest BCUT2D eigenvalue weighted by Gasteiger charge is -2.39. The van der Waals surface area contributed by atoms with Crippen molar-refractivity contribution in [1.82, 2.24) is 29.4 Å². The van der Waals surface area contributed by atoms with Gasteiger partial charge in [0.25, 0.3) is 0 Å². The van der Waals surface area contributed by atoms with Crippen LogP contribution in [-0.2, 0) is 11.2 Å². The van der Waals surface area contributed by atoms with E-state index in [4.69, 9.17) is 0 Å². The third-order valence-corrected chi connectivity index (χ3v) is 6.23. The number of likely N-dealkylation sites (tertiary alicyclic amines) is 1. The Hall–Kier alpha value is -2.61. The summed E-state index contributed by atoms with van der Waals surface area (Å²) in [6.07, 6.45) is 7.23. The molecule has 4 rings (SSSR count). The molecule has 30 heavy (non-hydrogen) atoms. The van der Waals surface area contributed by atoms with Crippen molar-refractivity contribution < 1.29 is 4.79 Å². The van der Waals surface area contributed by atoms with Crippen molar-refractivity contribution >= 4 is 17.5 Å². The Bertz CT molecular complexity index is 845. The number of pyridine rings is 1. The predicted octanol–water partition coefficient (Wildman–Crippen LogP) is 1.08. The van der Waals surface area contributed by atoms with Crippen LogP contribution in [0.2, 0.25) is 0 Å². The monoisotopic (exact) mass is 411 g/mol. The summed E-state index contributed by atoms with van der Waals surface area (Å²) in [5.41, 5.74) is 2.05. The van der Waals surface area contributed by atoms with Crippen LogP contribution in [0.4, 0.5) is 0 Å². The maximum atomic E-state index is 12.7. The summed E-state index contributed by atoms with van der Waals surface area (Å²) in [6, 6.07) is 6.00. The van der Waals surface area contributed by atoms with Gasteiger partial charge >= 0.3 is 0 Å². The highest BCUT2D eigenvalue weighted by Crippen LogP contribution is 2.14. The third-order valence-electron chi connectivity index (χ3n) is 6.23. The molecule has 1 atom stereocenters. The maximum absolute atomic E-state index is 12.7. The molecule has 1 amide bonds. The molecule has 8 nitrogen and oxygen atoms in total. The van der Waals surface area contributed by atoms with Gasteiger partial charge in [-0.1, -0.05) is 6.07 Å². The highest BCUT2D eigenvalue weighted by Gasteiger charge is 2.30. The molecule has 162 valence electrons. The molecule has 0 aliphatic carbocycles. The Balaban J connectivity index is 1.24. The standard InChI is InChI=1S/C22H33N7O/c1-18(21(30)27-10-5-6-11-27)26-13-15-28(16-14-26)22(23-2)24-9-8-19-17-29-12-4-3-7-20(29)25-19/h3-4,7,12,17-18H,5-6,8-11,13-16H2,1-2H3,(H,23,24). The van der Waals surface area contributed by atoms with Gasteiger partial charge in [0.2, 0.25) is 5.91 Å². The molecule has 2 aliphatic heterocycles. The van der Waals surface area contributed by atoms with Crippen LogP contribution in [0.25, 0.3) is 5.65 Å². The highest BCUT2D eigenvalue weighted by molar-refractivity contribution is 5.82. The number of piperazine rings is 1. The molecule has 0 radical (unpaired) electrons. The number of aliphatic imine (C=N–C) groups is 1. The van der Waals surface area contributed by atoms with Crippen molar-refractivity contribution in [2.75, 3.05) is 52.9 Å². The Kier molecular flexibility index (Phi) is 6.52. The van der Waals surface area contributed by atoms with E-state index < -0.39 is 0 Å². The summed E-state index contributed by atoms with van der Waals surface area (Å²) in [7, 11) is 1.83. The molecule has 0 aromatic carbocycles. The van der Waals surface area contributed by atoms with E-state index in [0.29, 0.717) is 0 Å². The van der Waals surface area contributed by atoms with Crippen molar-refractivity contribution in [3.05, 3.63) is 36.3 Å². The van der Waals surface area contributed by atoms with Gasteiger partial charge in [0.1, 0.15) is 5.65 Å². The molecule has 4 heterocycles. The molecule has 2 aromatic rings. The summed E-state index contributed by atoms with van der Waals surface area (Å²) in [4.78, 5) is 28.4. The van der Waals surface area contributed by atoms with Crippen LogP contribution in [0.1, 0.15) is 25.5 Å². The molecule has 1 N–H and O–H groups in total. The largest absolute Gasteiger partial charge is 0.356 e. The number of imidazole rings is 1. The quantitative estimate of drug-likeness (QED) is 0.589. The number of aromatic nitrogens is 2. The smallest absolute Gasteiger partial charge is 0.239 e. The SMILES string of the molecule is CN=C(NCCc1cn2ccccc2n1)N1CCN(C(C)C(=O)N2CCCC2)CC1. The Morgan fingerprint density at radius 1 is 1.13 bits per heavy atom.